The molecule has 0 aliphatic heterocycles. The van der Waals surface area contributed by atoms with Crippen molar-refractivity contribution in [3.8, 4) is 0 Å². The van der Waals surface area contributed by atoms with Crippen molar-refractivity contribution in [2.24, 2.45) is 0 Å². The van der Waals surface area contributed by atoms with Crippen molar-refractivity contribution in [3.63, 3.8) is 0 Å². The molecule has 0 saturated heterocycles. The van der Waals surface area contributed by atoms with Gasteiger partial charge in [-0.3, -0.25) is 0 Å². The van der Waals surface area contributed by atoms with Crippen LogP contribution in [-0.4, -0.2) is 49.7 Å². The summed E-state index contributed by atoms with van der Waals surface area (Å²) < 4.78 is 0. The van der Waals surface area contributed by atoms with Crippen LogP contribution in [0.5, 0.6) is 0 Å². The summed E-state index contributed by atoms with van der Waals surface area (Å²) in [5.74, 6) is -2.75. The van der Waals surface area contributed by atoms with Gasteiger partial charge in [-0.25, -0.2) is 0 Å². The summed E-state index contributed by atoms with van der Waals surface area (Å²) in [5, 5.41) is 20.2. The van der Waals surface area contributed by atoms with Gasteiger partial charge in [-0.15, -0.1) is 11.3 Å². The molecule has 0 aromatic carbocycles. The van der Waals surface area contributed by atoms with E-state index >= 15 is 0 Å². The van der Waals surface area contributed by atoms with Gasteiger partial charge in [0.1, 0.15) is 0 Å². The first kappa shape index (κ1) is 11.9. The van der Waals surface area contributed by atoms with E-state index in [0.717, 1.165) is 0 Å². The van der Waals surface area contributed by atoms with Crippen LogP contribution in [0.25, 0.3) is 0 Å². The Morgan fingerprint density at radius 2 is 1.42 bits per heavy atom. The third kappa shape index (κ3) is 2.75. The van der Waals surface area contributed by atoms with E-state index < -0.39 is 11.9 Å². The van der Waals surface area contributed by atoms with Gasteiger partial charge in [-0.05, 0) is 12.1 Å². The van der Waals surface area contributed by atoms with E-state index in [4.69, 9.17) is 0 Å². The van der Waals surface area contributed by atoms with Gasteiger partial charge in [0.15, 0.2) is 0 Å². The normalized spacial score (nSPS) is 8.67. The maximum atomic E-state index is 10.1. The number of carbonyl (C=O) groups excluding carboxylic acids is 2. The summed E-state index contributed by atoms with van der Waals surface area (Å²) in [4.78, 5) is 20.0. The van der Waals surface area contributed by atoms with Crippen molar-refractivity contribution in [1.29, 1.82) is 0 Å². The first-order valence-electron chi connectivity index (χ1n) is 2.64. The minimum atomic E-state index is -1.37. The van der Waals surface area contributed by atoms with Crippen LogP contribution in [0.2, 0.25) is 0 Å². The molecule has 0 aliphatic rings. The fraction of sp³-hybridized carbons (Fsp3) is 0. The molecule has 12 heavy (non-hydrogen) atoms. The van der Waals surface area contributed by atoms with Crippen molar-refractivity contribution in [1.82, 2.24) is 0 Å². The van der Waals surface area contributed by atoms with Crippen LogP contribution >= 0.6 is 11.3 Å². The van der Waals surface area contributed by atoms with Gasteiger partial charge in [-0.1, -0.05) is 0 Å². The molecular weight excluding hydrogens is 208 g/mol. The first-order valence-corrected chi connectivity index (χ1v) is 3.45. The zero-order chi connectivity index (χ0) is 8.43. The molecule has 0 bridgehead atoms. The quantitative estimate of drug-likeness (QED) is 0.534. The molecule has 0 radical (unpaired) electrons. The molecule has 1 rings (SSSR count). The zero-order valence-corrected chi connectivity index (χ0v) is 8.93. The van der Waals surface area contributed by atoms with Crippen LogP contribution in [0.3, 0.4) is 0 Å². The molecule has 1 heterocycles. The van der Waals surface area contributed by atoms with E-state index in [-0.39, 0.29) is 47.5 Å². The topological polar surface area (TPSA) is 80.3 Å². The van der Waals surface area contributed by atoms with E-state index in [1.54, 1.807) is 0 Å². The van der Waals surface area contributed by atoms with Crippen LogP contribution < -0.4 is 10.2 Å². The summed E-state index contributed by atoms with van der Waals surface area (Å²) >= 11 is 0.625. The fourth-order valence-corrected chi connectivity index (χ4v) is 1.23. The standard InChI is InChI=1S/C6H4O4S.Ca/c7-5(8)3-1-2-4(11-3)6(9)10;/h1-2H,(H,7,8)(H,9,10);/q;+2/p-2. The molecule has 0 unspecified atom stereocenters. The van der Waals surface area contributed by atoms with E-state index in [9.17, 15) is 19.8 Å². The number of carboxylic acid groups (broad SMARTS) is 2. The average Bonchev–Trinajstić information content (AvgIpc) is 2.33. The van der Waals surface area contributed by atoms with E-state index in [2.05, 4.69) is 0 Å². The van der Waals surface area contributed by atoms with Crippen molar-refractivity contribution in [2.75, 3.05) is 0 Å². The summed E-state index contributed by atoms with van der Waals surface area (Å²) in [5.41, 5.74) is 0. The summed E-state index contributed by atoms with van der Waals surface area (Å²) in [6, 6.07) is 2.34. The Labute approximate surface area is 102 Å². The third-order valence-corrected chi connectivity index (χ3v) is 2.05. The molecule has 0 fully saturated rings. The van der Waals surface area contributed by atoms with Crippen molar-refractivity contribution >= 4 is 61.0 Å². The molecule has 0 amide bonds. The number of rotatable bonds is 2. The van der Waals surface area contributed by atoms with Crippen molar-refractivity contribution in [3.05, 3.63) is 21.9 Å². The second-order valence-electron chi connectivity index (χ2n) is 1.74. The number of aromatic carboxylic acids is 2. The largest absolute Gasteiger partial charge is 2.00 e. The molecule has 0 spiro atoms. The number of carboxylic acids is 2. The fourth-order valence-electron chi connectivity index (χ4n) is 0.557. The Morgan fingerprint density at radius 1 is 1.08 bits per heavy atom. The monoisotopic (exact) mass is 210 g/mol. The minimum Gasteiger partial charge on any atom is -0.544 e. The molecule has 6 heteroatoms. The maximum absolute atomic E-state index is 10.1. The molecule has 58 valence electrons. The van der Waals surface area contributed by atoms with Gasteiger partial charge in [0.2, 0.25) is 0 Å². The molecule has 0 aliphatic carbocycles. The Bertz CT molecular complexity index is 278. The molecule has 0 N–H and O–H groups in total. The number of thiophene rings is 1. The SMILES string of the molecule is O=C([O-])c1ccc(C(=O)[O-])s1.[Ca+2]. The molecule has 0 atom stereocenters. The summed E-state index contributed by atoms with van der Waals surface area (Å²) in [6.07, 6.45) is 0. The summed E-state index contributed by atoms with van der Waals surface area (Å²) in [7, 11) is 0. The zero-order valence-electron chi connectivity index (χ0n) is 5.90. The Balaban J connectivity index is 0.00000121. The molecule has 0 saturated carbocycles. The predicted octanol–water partition coefficient (Wildman–Crippen LogP) is -1.91. The summed E-state index contributed by atoms with van der Waals surface area (Å²) in [6.45, 7) is 0. The van der Waals surface area contributed by atoms with E-state index in [1.807, 2.05) is 0 Å². The molecule has 4 nitrogen and oxygen atoms in total. The van der Waals surface area contributed by atoms with Gasteiger partial charge >= 0.3 is 37.7 Å². The maximum Gasteiger partial charge on any atom is 2.00 e. The van der Waals surface area contributed by atoms with Gasteiger partial charge in [0, 0.05) is 0 Å². The van der Waals surface area contributed by atoms with Crippen LogP contribution in [0.1, 0.15) is 19.3 Å². The number of hydrogen-bond acceptors (Lipinski definition) is 5. The van der Waals surface area contributed by atoms with Crippen LogP contribution in [0.15, 0.2) is 12.1 Å². The molecule has 1 aromatic heterocycles. The molecular formula is C6H2CaO4S. The van der Waals surface area contributed by atoms with E-state index in [0.29, 0.717) is 11.3 Å². The number of hydrogen-bond donors (Lipinski definition) is 0. The van der Waals surface area contributed by atoms with E-state index in [1.165, 1.54) is 12.1 Å². The van der Waals surface area contributed by atoms with Gasteiger partial charge in [0.25, 0.3) is 0 Å². The van der Waals surface area contributed by atoms with Crippen LogP contribution in [0.4, 0.5) is 0 Å². The second kappa shape index (κ2) is 4.81. The number of carbonyl (C=O) groups is 2. The minimum absolute atomic E-state index is 0. The van der Waals surface area contributed by atoms with Gasteiger partial charge < -0.3 is 19.8 Å². The first-order chi connectivity index (χ1) is 5.11. The van der Waals surface area contributed by atoms with Crippen molar-refractivity contribution < 1.29 is 19.8 Å². The third-order valence-electron chi connectivity index (χ3n) is 1.01. The average molecular weight is 210 g/mol. The predicted molar refractivity (Wildman–Crippen MR) is 38.7 cm³/mol. The van der Waals surface area contributed by atoms with Gasteiger partial charge in [0.05, 0.1) is 21.7 Å². The molecule has 1 aromatic rings. The van der Waals surface area contributed by atoms with Crippen molar-refractivity contribution in [2.45, 2.75) is 0 Å². The smallest absolute Gasteiger partial charge is 0.544 e. The Morgan fingerprint density at radius 3 is 1.58 bits per heavy atom. The second-order valence-corrected chi connectivity index (χ2v) is 2.82. The van der Waals surface area contributed by atoms with Crippen LogP contribution in [-0.2, 0) is 0 Å². The van der Waals surface area contributed by atoms with Crippen LogP contribution in [0, 0.1) is 0 Å². The Hall–Kier alpha value is -0.100. The van der Waals surface area contributed by atoms with Gasteiger partial charge in [-0.2, -0.15) is 0 Å². The Kier molecular flexibility index (Phi) is 4.77.